The molecule has 56 heavy (non-hydrogen) atoms. The zero-order valence-electron chi connectivity index (χ0n) is 30.3. The summed E-state index contributed by atoms with van der Waals surface area (Å²) in [4.78, 5) is 25.4. The van der Waals surface area contributed by atoms with Crippen molar-refractivity contribution in [1.82, 2.24) is 4.90 Å². The van der Waals surface area contributed by atoms with E-state index >= 15 is 0 Å². The predicted molar refractivity (Wildman–Crippen MR) is 210 cm³/mol. The molecule has 6 rings (SSSR count). The number of hydrogen-bond acceptors (Lipinski definition) is 9. The summed E-state index contributed by atoms with van der Waals surface area (Å²) in [6.45, 7) is 1.41. The van der Waals surface area contributed by atoms with Gasteiger partial charge >= 0.3 is 11.7 Å². The van der Waals surface area contributed by atoms with Gasteiger partial charge in [0, 0.05) is 25.7 Å². The summed E-state index contributed by atoms with van der Waals surface area (Å²) < 4.78 is 38.7. The third-order valence-electron chi connectivity index (χ3n) is 9.16. The molecule has 0 spiro atoms. The van der Waals surface area contributed by atoms with E-state index in [-0.39, 0.29) is 52.3 Å². The van der Waals surface area contributed by atoms with Crippen molar-refractivity contribution in [3.05, 3.63) is 195 Å². The molecule has 2 N–H and O–H groups in total. The monoisotopic (exact) mass is 772 g/mol. The molecule has 286 valence electrons. The van der Waals surface area contributed by atoms with Crippen LogP contribution >= 0.6 is 0 Å². The van der Waals surface area contributed by atoms with E-state index in [0.717, 1.165) is 28.3 Å². The molecule has 0 fully saturated rings. The second-order valence-electron chi connectivity index (χ2n) is 13.1. The van der Waals surface area contributed by atoms with Crippen LogP contribution in [0.5, 0.6) is 11.5 Å². The quantitative estimate of drug-likeness (QED) is 0.0647. The summed E-state index contributed by atoms with van der Waals surface area (Å²) in [5, 5.41) is 33.2. The second-order valence-corrected chi connectivity index (χ2v) is 15.1. The molecular formula is C44H40N2O9S. The van der Waals surface area contributed by atoms with Crippen molar-refractivity contribution in [2.75, 3.05) is 13.1 Å². The maximum Gasteiger partial charge on any atom is 0.339 e. The molecule has 6 aromatic rings. The molecule has 1 atom stereocenters. The van der Waals surface area contributed by atoms with Gasteiger partial charge in [0.25, 0.3) is 0 Å². The number of carbonyl (C=O) groups is 1. The molecule has 0 aromatic heterocycles. The van der Waals surface area contributed by atoms with Gasteiger partial charge in [-0.2, -0.15) is 0 Å². The van der Waals surface area contributed by atoms with Crippen LogP contribution in [-0.4, -0.2) is 47.5 Å². The lowest BCUT2D eigenvalue weighted by Gasteiger charge is -2.25. The Morgan fingerprint density at radius 3 is 1.79 bits per heavy atom. The van der Waals surface area contributed by atoms with Crippen LogP contribution in [0.2, 0.25) is 0 Å². The van der Waals surface area contributed by atoms with Crippen molar-refractivity contribution in [3.63, 3.8) is 0 Å². The average molecular weight is 773 g/mol. The molecule has 0 saturated heterocycles. The lowest BCUT2D eigenvalue weighted by molar-refractivity contribution is -0.386. The summed E-state index contributed by atoms with van der Waals surface area (Å²) >= 11 is 0. The Balaban J connectivity index is 1.14. The highest BCUT2D eigenvalue weighted by atomic mass is 32.2. The van der Waals surface area contributed by atoms with E-state index in [2.05, 4.69) is 0 Å². The summed E-state index contributed by atoms with van der Waals surface area (Å²) in [6.07, 6.45) is -0.554. The van der Waals surface area contributed by atoms with Crippen LogP contribution in [-0.2, 0) is 36.0 Å². The van der Waals surface area contributed by atoms with Crippen LogP contribution in [0.25, 0.3) is 0 Å². The Labute approximate surface area is 325 Å². The summed E-state index contributed by atoms with van der Waals surface area (Å²) in [5.74, 6) is -1.15. The molecule has 0 heterocycles. The molecule has 0 aliphatic heterocycles. The number of benzene rings is 6. The fourth-order valence-electron chi connectivity index (χ4n) is 6.13. The lowest BCUT2D eigenvalue weighted by atomic mass is 10.1. The number of nitro benzene ring substituents is 1. The Kier molecular flexibility index (Phi) is 12.9. The van der Waals surface area contributed by atoms with Crippen molar-refractivity contribution in [2.24, 2.45) is 0 Å². The third kappa shape index (κ3) is 10.2. The molecule has 0 radical (unpaired) electrons. The van der Waals surface area contributed by atoms with Gasteiger partial charge in [0.05, 0.1) is 20.8 Å². The minimum atomic E-state index is -4.06. The number of sulfone groups is 1. The minimum Gasteiger partial charge on any atom is -0.488 e. The summed E-state index contributed by atoms with van der Waals surface area (Å²) in [5.41, 5.74) is 3.41. The molecule has 0 bridgehead atoms. The SMILES string of the molecule is O=C(O)c1cc(S(=O)(=O)c2ccc(CCN(Cc3ccccc3)C[C@H](O)c3ccc(OCc4ccccc4)c([N+](=O)[O-])c3)cc2)ccc1OCc1ccccc1. The fraction of sp³-hybridized carbons (Fsp3) is 0.159. The standard InChI is InChI=1S/C44H40N2O9S/c47-41(36-18-22-43(40(26-36)46(50)51)55-31-35-14-8-3-9-15-35)29-45(28-33-10-4-1-5-11-33)25-24-32-16-19-37(20-17-32)56(52,53)38-21-23-42(39(27-38)44(48)49)54-30-34-12-6-2-7-13-34/h1-23,26-27,41,47H,24-25,28-31H2,(H,48,49)/t41-/m0/s1. The molecule has 6 aromatic carbocycles. The third-order valence-corrected chi connectivity index (χ3v) is 10.9. The molecule has 0 saturated carbocycles. The average Bonchev–Trinajstić information content (AvgIpc) is 3.22. The number of nitrogens with zero attached hydrogens (tertiary/aromatic N) is 2. The number of carboxylic acid groups (broad SMARTS) is 1. The number of aromatic carboxylic acids is 1. The Morgan fingerprint density at radius 1 is 0.679 bits per heavy atom. The van der Waals surface area contributed by atoms with E-state index in [9.17, 15) is 33.5 Å². The first-order valence-electron chi connectivity index (χ1n) is 17.8. The van der Waals surface area contributed by atoms with Gasteiger partial charge in [-0.05, 0) is 70.6 Å². The Morgan fingerprint density at radius 2 is 1.21 bits per heavy atom. The fourth-order valence-corrected chi connectivity index (χ4v) is 7.42. The minimum absolute atomic E-state index is 0.00453. The van der Waals surface area contributed by atoms with Crippen LogP contribution < -0.4 is 9.47 Å². The van der Waals surface area contributed by atoms with Crippen molar-refractivity contribution in [1.29, 1.82) is 0 Å². The number of hydrogen-bond donors (Lipinski definition) is 2. The van der Waals surface area contributed by atoms with Gasteiger partial charge in [-0.15, -0.1) is 0 Å². The van der Waals surface area contributed by atoms with Gasteiger partial charge in [-0.1, -0.05) is 109 Å². The highest BCUT2D eigenvalue weighted by Crippen LogP contribution is 2.32. The van der Waals surface area contributed by atoms with E-state index in [1.165, 1.54) is 36.4 Å². The molecule has 0 unspecified atom stereocenters. The summed E-state index contributed by atoms with van der Waals surface area (Å²) in [6, 6.07) is 42.9. The van der Waals surface area contributed by atoms with Crippen molar-refractivity contribution in [3.8, 4) is 11.5 Å². The maximum absolute atomic E-state index is 13.6. The highest BCUT2D eigenvalue weighted by Gasteiger charge is 2.24. The Hall–Kier alpha value is -6.34. The van der Waals surface area contributed by atoms with E-state index in [0.29, 0.717) is 25.1 Å². The van der Waals surface area contributed by atoms with Crippen molar-refractivity contribution < 1.29 is 37.8 Å². The van der Waals surface area contributed by atoms with Crippen molar-refractivity contribution >= 4 is 21.5 Å². The van der Waals surface area contributed by atoms with Gasteiger partial charge in [-0.25, -0.2) is 13.2 Å². The predicted octanol–water partition coefficient (Wildman–Crippen LogP) is 8.06. The molecule has 11 nitrogen and oxygen atoms in total. The molecular weight excluding hydrogens is 733 g/mol. The van der Waals surface area contributed by atoms with Gasteiger partial charge in [0.15, 0.2) is 5.75 Å². The zero-order chi connectivity index (χ0) is 39.5. The maximum atomic E-state index is 13.6. The van der Waals surface area contributed by atoms with Crippen LogP contribution in [0.4, 0.5) is 5.69 Å². The second kappa shape index (κ2) is 18.3. The number of carboxylic acids is 1. The van der Waals surface area contributed by atoms with E-state index in [1.54, 1.807) is 18.2 Å². The van der Waals surface area contributed by atoms with Gasteiger partial charge < -0.3 is 19.7 Å². The zero-order valence-corrected chi connectivity index (χ0v) is 31.1. The lowest BCUT2D eigenvalue weighted by Crippen LogP contribution is -2.30. The number of aliphatic hydroxyl groups excluding tert-OH is 1. The van der Waals surface area contributed by atoms with Gasteiger partial charge in [-0.3, -0.25) is 15.0 Å². The van der Waals surface area contributed by atoms with Crippen molar-refractivity contribution in [2.45, 2.75) is 42.1 Å². The Bertz CT molecular complexity index is 2360. The first-order chi connectivity index (χ1) is 27.1. The molecule has 0 aliphatic rings. The van der Waals surface area contributed by atoms with Gasteiger partial charge in [0.1, 0.15) is 24.5 Å². The van der Waals surface area contributed by atoms with Crippen LogP contribution in [0.3, 0.4) is 0 Å². The largest absolute Gasteiger partial charge is 0.488 e. The van der Waals surface area contributed by atoms with Crippen LogP contribution in [0.15, 0.2) is 161 Å². The molecule has 12 heteroatoms. The highest BCUT2D eigenvalue weighted by molar-refractivity contribution is 7.91. The van der Waals surface area contributed by atoms with Gasteiger partial charge in [0.2, 0.25) is 9.84 Å². The van der Waals surface area contributed by atoms with E-state index in [1.807, 2.05) is 95.9 Å². The number of ether oxygens (including phenoxy) is 2. The van der Waals surface area contributed by atoms with E-state index < -0.39 is 26.8 Å². The first-order valence-corrected chi connectivity index (χ1v) is 19.3. The molecule has 0 amide bonds. The smallest absolute Gasteiger partial charge is 0.339 e. The summed E-state index contributed by atoms with van der Waals surface area (Å²) in [7, 11) is -4.06. The van der Waals surface area contributed by atoms with Crippen LogP contribution in [0.1, 0.15) is 44.3 Å². The van der Waals surface area contributed by atoms with E-state index in [4.69, 9.17) is 9.47 Å². The normalized spacial score (nSPS) is 11.9. The molecule has 0 aliphatic carbocycles. The first kappa shape index (κ1) is 39.4. The topological polar surface area (TPSA) is 157 Å². The van der Waals surface area contributed by atoms with Crippen LogP contribution in [0, 0.1) is 10.1 Å². The number of aliphatic hydroxyl groups is 1. The number of nitro groups is 1. The number of rotatable bonds is 18.